The van der Waals surface area contributed by atoms with Gasteiger partial charge in [0.2, 0.25) is 5.91 Å². The normalized spacial score (nSPS) is 14.0. The highest BCUT2D eigenvalue weighted by atomic mass is 16.5. The Labute approximate surface area is 147 Å². The molecule has 2 rings (SSSR count). The number of hydrogen-bond acceptors (Lipinski definition) is 4. The molecule has 1 aromatic rings. The first kappa shape index (κ1) is 18.5. The minimum absolute atomic E-state index is 0.119. The number of amides is 3. The van der Waals surface area contributed by atoms with E-state index in [-0.39, 0.29) is 18.9 Å². The van der Waals surface area contributed by atoms with Crippen LogP contribution in [0.15, 0.2) is 36.4 Å². The highest BCUT2D eigenvalue weighted by molar-refractivity contribution is 5.94. The van der Waals surface area contributed by atoms with Crippen molar-refractivity contribution in [1.29, 1.82) is 0 Å². The van der Waals surface area contributed by atoms with Crippen molar-refractivity contribution in [3.8, 4) is 0 Å². The van der Waals surface area contributed by atoms with Crippen LogP contribution in [0.2, 0.25) is 0 Å². The molecule has 0 unspecified atom stereocenters. The number of esters is 1. The molecule has 0 radical (unpaired) electrons. The molecule has 0 saturated carbocycles. The fourth-order valence-corrected chi connectivity index (χ4v) is 2.53. The molecule has 0 atom stereocenters. The van der Waals surface area contributed by atoms with Gasteiger partial charge in [0.25, 0.3) is 0 Å². The predicted molar refractivity (Wildman–Crippen MR) is 93.9 cm³/mol. The van der Waals surface area contributed by atoms with E-state index in [2.05, 4.69) is 5.32 Å². The van der Waals surface area contributed by atoms with Gasteiger partial charge >= 0.3 is 12.0 Å². The van der Waals surface area contributed by atoms with Crippen LogP contribution < -0.4 is 5.32 Å². The molecule has 1 aliphatic heterocycles. The molecule has 1 saturated heterocycles. The SMILES string of the molecule is CC=CCC(=O)N1CCCN1C(=O)Nc1cccc(C(=O)OCC)c1. The molecule has 0 aliphatic carbocycles. The number of urea groups is 1. The summed E-state index contributed by atoms with van der Waals surface area (Å²) in [5.41, 5.74) is 0.838. The van der Waals surface area contributed by atoms with Gasteiger partial charge in [0.15, 0.2) is 0 Å². The van der Waals surface area contributed by atoms with Crippen LogP contribution in [0.1, 0.15) is 37.0 Å². The standard InChI is InChI=1S/C18H23N3O4/c1-3-5-10-16(22)20-11-7-12-21(20)18(24)19-15-9-6-8-14(13-15)17(23)25-4-2/h3,5-6,8-9,13H,4,7,10-12H2,1-2H3,(H,19,24). The van der Waals surface area contributed by atoms with E-state index in [0.29, 0.717) is 24.3 Å². The van der Waals surface area contributed by atoms with Gasteiger partial charge in [-0.05, 0) is 38.5 Å². The smallest absolute Gasteiger partial charge is 0.340 e. The molecule has 25 heavy (non-hydrogen) atoms. The Kier molecular flexibility index (Phi) is 6.56. The Hall–Kier alpha value is -2.83. The van der Waals surface area contributed by atoms with Crippen LogP contribution in [0, 0.1) is 0 Å². The average Bonchev–Trinajstić information content (AvgIpc) is 3.10. The van der Waals surface area contributed by atoms with Gasteiger partial charge in [0.05, 0.1) is 12.2 Å². The first-order valence-corrected chi connectivity index (χ1v) is 8.34. The summed E-state index contributed by atoms with van der Waals surface area (Å²) in [6.45, 7) is 4.86. The number of ether oxygens (including phenoxy) is 1. The Balaban J connectivity index is 2.04. The second kappa shape index (κ2) is 8.86. The topological polar surface area (TPSA) is 79.0 Å². The van der Waals surface area contributed by atoms with Crippen LogP contribution in [0.4, 0.5) is 10.5 Å². The van der Waals surface area contributed by atoms with E-state index in [1.165, 1.54) is 10.0 Å². The molecule has 7 heteroatoms. The molecular weight excluding hydrogens is 322 g/mol. The second-order valence-electron chi connectivity index (χ2n) is 5.50. The van der Waals surface area contributed by atoms with Crippen molar-refractivity contribution in [2.75, 3.05) is 25.0 Å². The monoisotopic (exact) mass is 345 g/mol. The maximum Gasteiger partial charge on any atom is 0.340 e. The first-order chi connectivity index (χ1) is 12.1. The Morgan fingerprint density at radius 3 is 2.72 bits per heavy atom. The number of nitrogens with one attached hydrogen (secondary N) is 1. The summed E-state index contributed by atoms with van der Waals surface area (Å²) in [6, 6.07) is 6.13. The number of benzene rings is 1. The van der Waals surface area contributed by atoms with Crippen LogP contribution in [0.5, 0.6) is 0 Å². The molecule has 0 aromatic heterocycles. The molecule has 1 N–H and O–H groups in total. The highest BCUT2D eigenvalue weighted by Crippen LogP contribution is 2.17. The van der Waals surface area contributed by atoms with E-state index in [0.717, 1.165) is 6.42 Å². The number of rotatable bonds is 5. The zero-order valence-electron chi connectivity index (χ0n) is 14.5. The molecule has 1 heterocycles. The molecule has 0 bridgehead atoms. The van der Waals surface area contributed by atoms with E-state index < -0.39 is 12.0 Å². The van der Waals surface area contributed by atoms with Crippen molar-refractivity contribution in [2.45, 2.75) is 26.7 Å². The quantitative estimate of drug-likeness (QED) is 0.657. The Bertz CT molecular complexity index is 672. The van der Waals surface area contributed by atoms with Gasteiger partial charge in [-0.25, -0.2) is 19.6 Å². The highest BCUT2D eigenvalue weighted by Gasteiger charge is 2.30. The van der Waals surface area contributed by atoms with Crippen molar-refractivity contribution < 1.29 is 19.1 Å². The van der Waals surface area contributed by atoms with Crippen LogP contribution in [0.3, 0.4) is 0 Å². The van der Waals surface area contributed by atoms with Crippen molar-refractivity contribution in [1.82, 2.24) is 10.0 Å². The third-order valence-electron chi connectivity index (χ3n) is 3.71. The van der Waals surface area contributed by atoms with Gasteiger partial charge in [-0.15, -0.1) is 0 Å². The number of carbonyl (C=O) groups is 3. The summed E-state index contributed by atoms with van der Waals surface area (Å²) in [7, 11) is 0. The van der Waals surface area contributed by atoms with Gasteiger partial charge in [0.1, 0.15) is 0 Å². The van der Waals surface area contributed by atoms with E-state index in [4.69, 9.17) is 4.74 Å². The maximum atomic E-state index is 12.5. The van der Waals surface area contributed by atoms with Crippen molar-refractivity contribution in [3.05, 3.63) is 42.0 Å². The molecule has 1 aliphatic rings. The Morgan fingerprint density at radius 2 is 2.00 bits per heavy atom. The molecule has 7 nitrogen and oxygen atoms in total. The molecule has 0 spiro atoms. The second-order valence-corrected chi connectivity index (χ2v) is 5.50. The first-order valence-electron chi connectivity index (χ1n) is 8.34. The maximum absolute atomic E-state index is 12.5. The summed E-state index contributed by atoms with van der Waals surface area (Å²) in [5, 5.41) is 5.60. The van der Waals surface area contributed by atoms with Gasteiger partial charge in [0, 0.05) is 25.2 Å². The number of anilines is 1. The average molecular weight is 345 g/mol. The predicted octanol–water partition coefficient (Wildman–Crippen LogP) is 2.81. The van der Waals surface area contributed by atoms with Crippen LogP contribution >= 0.6 is 0 Å². The lowest BCUT2D eigenvalue weighted by Gasteiger charge is -2.27. The van der Waals surface area contributed by atoms with Gasteiger partial charge in [-0.3, -0.25) is 4.79 Å². The van der Waals surface area contributed by atoms with Crippen LogP contribution in [0.25, 0.3) is 0 Å². The lowest BCUT2D eigenvalue weighted by molar-refractivity contribution is -0.138. The van der Waals surface area contributed by atoms with E-state index >= 15 is 0 Å². The number of allylic oxidation sites excluding steroid dienone is 1. The van der Waals surface area contributed by atoms with Crippen molar-refractivity contribution in [2.24, 2.45) is 0 Å². The third-order valence-corrected chi connectivity index (χ3v) is 3.71. The van der Waals surface area contributed by atoms with E-state index in [9.17, 15) is 14.4 Å². The summed E-state index contributed by atoms with van der Waals surface area (Å²) in [4.78, 5) is 36.5. The van der Waals surface area contributed by atoms with Crippen LogP contribution in [-0.4, -0.2) is 47.6 Å². The summed E-state index contributed by atoms with van der Waals surface area (Å²) in [6.07, 6.45) is 4.56. The zero-order valence-corrected chi connectivity index (χ0v) is 14.5. The number of hydrogen-bond donors (Lipinski definition) is 1. The van der Waals surface area contributed by atoms with Crippen molar-refractivity contribution >= 4 is 23.6 Å². The third kappa shape index (κ3) is 4.82. The largest absolute Gasteiger partial charge is 0.462 e. The lowest BCUT2D eigenvalue weighted by Crippen LogP contribution is -2.46. The number of nitrogens with zero attached hydrogens (tertiary/aromatic N) is 2. The van der Waals surface area contributed by atoms with Crippen molar-refractivity contribution in [3.63, 3.8) is 0 Å². The van der Waals surface area contributed by atoms with E-state index in [1.54, 1.807) is 43.3 Å². The lowest BCUT2D eigenvalue weighted by atomic mass is 10.2. The van der Waals surface area contributed by atoms with Gasteiger partial charge in [-0.2, -0.15) is 0 Å². The molecule has 3 amide bonds. The molecular formula is C18H23N3O4. The fourth-order valence-electron chi connectivity index (χ4n) is 2.53. The fraction of sp³-hybridized carbons (Fsp3) is 0.389. The minimum Gasteiger partial charge on any atom is -0.462 e. The van der Waals surface area contributed by atoms with Gasteiger partial charge < -0.3 is 10.1 Å². The Morgan fingerprint density at radius 1 is 1.24 bits per heavy atom. The van der Waals surface area contributed by atoms with Crippen LogP contribution in [-0.2, 0) is 9.53 Å². The number of hydrazine groups is 1. The van der Waals surface area contributed by atoms with Gasteiger partial charge in [-0.1, -0.05) is 18.2 Å². The summed E-state index contributed by atoms with van der Waals surface area (Å²) in [5.74, 6) is -0.561. The summed E-state index contributed by atoms with van der Waals surface area (Å²) < 4.78 is 4.95. The molecule has 1 fully saturated rings. The minimum atomic E-state index is -0.442. The molecule has 134 valence electrons. The zero-order chi connectivity index (χ0) is 18.2. The number of carbonyl (C=O) groups excluding carboxylic acids is 3. The molecule has 1 aromatic carbocycles. The summed E-state index contributed by atoms with van der Waals surface area (Å²) >= 11 is 0. The van der Waals surface area contributed by atoms with E-state index in [1.807, 2.05) is 6.92 Å².